The highest BCUT2D eigenvalue weighted by Gasteiger charge is 2.26. The van der Waals surface area contributed by atoms with Gasteiger partial charge < -0.3 is 9.47 Å². The molecule has 0 atom stereocenters. The Morgan fingerprint density at radius 3 is 2.56 bits per heavy atom. The monoisotopic (exact) mass is 268 g/mol. The molecule has 1 N–H and O–H groups in total. The third kappa shape index (κ3) is 2.48. The van der Waals surface area contributed by atoms with E-state index in [2.05, 4.69) is 28.6 Å². The van der Waals surface area contributed by atoms with Crippen LogP contribution in [0.5, 0.6) is 0 Å². The number of aromatic nitrogens is 3. The minimum Gasteiger partial charge on any atom is -0.343 e. The Morgan fingerprint density at radius 1 is 1.44 bits per heavy atom. The topological polar surface area (TPSA) is 53.9 Å². The number of H-pyrrole nitrogens is 1. The van der Waals surface area contributed by atoms with E-state index in [9.17, 15) is 4.79 Å². The summed E-state index contributed by atoms with van der Waals surface area (Å²) >= 11 is 5.26. The molecule has 5 nitrogen and oxygen atoms in total. The summed E-state index contributed by atoms with van der Waals surface area (Å²) in [5.41, 5.74) is 0. The van der Waals surface area contributed by atoms with Gasteiger partial charge in [0.1, 0.15) is 5.82 Å². The molecular weight excluding hydrogens is 248 g/mol. The molecule has 0 unspecified atom stereocenters. The molecule has 2 heterocycles. The maximum atomic E-state index is 11.3. The van der Waals surface area contributed by atoms with Crippen LogP contribution in [0.2, 0.25) is 0 Å². The third-order valence-corrected chi connectivity index (χ3v) is 3.84. The van der Waals surface area contributed by atoms with Crippen molar-refractivity contribution in [2.24, 2.45) is 0 Å². The van der Waals surface area contributed by atoms with Gasteiger partial charge in [-0.25, -0.2) is 0 Å². The van der Waals surface area contributed by atoms with Crippen LogP contribution in [-0.2, 0) is 4.79 Å². The molecule has 0 radical (unpaired) electrons. The molecule has 0 bridgehead atoms. The van der Waals surface area contributed by atoms with Crippen molar-refractivity contribution in [2.75, 3.05) is 13.1 Å². The normalized spacial score (nSPS) is 17.4. The predicted molar refractivity (Wildman–Crippen MR) is 72.0 cm³/mol. The summed E-state index contributed by atoms with van der Waals surface area (Å²) in [5, 5.41) is 7.26. The molecule has 18 heavy (non-hydrogen) atoms. The van der Waals surface area contributed by atoms with Gasteiger partial charge in [-0.2, -0.15) is 5.10 Å². The molecule has 1 saturated heterocycles. The number of hydrogen-bond donors (Lipinski definition) is 1. The minimum atomic E-state index is 0.163. The highest BCUT2D eigenvalue weighted by Crippen LogP contribution is 2.28. The number of aromatic amines is 1. The Kier molecular flexibility index (Phi) is 3.85. The molecule has 1 aromatic heterocycles. The number of carbonyl (C=O) groups is 1. The Hall–Kier alpha value is -1.17. The average Bonchev–Trinajstić information content (AvgIpc) is 2.71. The van der Waals surface area contributed by atoms with Gasteiger partial charge in [0.05, 0.1) is 0 Å². The Morgan fingerprint density at radius 2 is 2.06 bits per heavy atom. The molecule has 100 valence electrons. The molecule has 0 aromatic carbocycles. The van der Waals surface area contributed by atoms with Crippen LogP contribution in [0.3, 0.4) is 0 Å². The highest BCUT2D eigenvalue weighted by atomic mass is 32.1. The fraction of sp³-hybridized carbons (Fsp3) is 0.750. The zero-order valence-corrected chi connectivity index (χ0v) is 12.0. The second kappa shape index (κ2) is 5.22. The van der Waals surface area contributed by atoms with Gasteiger partial charge in [-0.3, -0.25) is 9.89 Å². The van der Waals surface area contributed by atoms with E-state index >= 15 is 0 Å². The third-order valence-electron chi connectivity index (χ3n) is 3.55. The number of nitrogens with zero attached hydrogens (tertiary/aromatic N) is 3. The summed E-state index contributed by atoms with van der Waals surface area (Å²) in [4.78, 5) is 13.2. The lowest BCUT2D eigenvalue weighted by Crippen LogP contribution is -2.37. The van der Waals surface area contributed by atoms with Gasteiger partial charge >= 0.3 is 0 Å². The molecule has 6 heteroatoms. The first-order chi connectivity index (χ1) is 8.50. The Balaban J connectivity index is 2.15. The number of likely N-dealkylation sites (tertiary alicyclic amines) is 1. The maximum Gasteiger partial charge on any atom is 0.219 e. The first kappa shape index (κ1) is 13.3. The van der Waals surface area contributed by atoms with Crippen LogP contribution in [-0.4, -0.2) is 38.7 Å². The lowest BCUT2D eigenvalue weighted by molar-refractivity contribution is -0.129. The number of rotatable bonds is 2. The Labute approximate surface area is 112 Å². The number of amides is 1. The lowest BCUT2D eigenvalue weighted by atomic mass is 9.95. The van der Waals surface area contributed by atoms with E-state index in [-0.39, 0.29) is 5.91 Å². The van der Waals surface area contributed by atoms with Crippen molar-refractivity contribution >= 4 is 18.1 Å². The van der Waals surface area contributed by atoms with E-state index in [1.54, 1.807) is 6.92 Å². The van der Waals surface area contributed by atoms with Gasteiger partial charge in [0.2, 0.25) is 5.91 Å². The summed E-state index contributed by atoms with van der Waals surface area (Å²) in [7, 11) is 0. The second-order valence-electron chi connectivity index (χ2n) is 5.13. The summed E-state index contributed by atoms with van der Waals surface area (Å²) in [6.07, 6.45) is 1.93. The summed E-state index contributed by atoms with van der Waals surface area (Å²) in [5.74, 6) is 1.60. The van der Waals surface area contributed by atoms with Crippen molar-refractivity contribution < 1.29 is 4.79 Å². The molecule has 0 aliphatic carbocycles. The van der Waals surface area contributed by atoms with E-state index < -0.39 is 0 Å². The molecular formula is C12H20N4OS. The Bertz CT molecular complexity index is 483. The van der Waals surface area contributed by atoms with Crippen molar-refractivity contribution in [3.63, 3.8) is 0 Å². The summed E-state index contributed by atoms with van der Waals surface area (Å²) in [6.45, 7) is 7.49. The van der Waals surface area contributed by atoms with Gasteiger partial charge in [0, 0.05) is 32.0 Å². The fourth-order valence-corrected chi connectivity index (χ4v) is 2.91. The number of piperidine rings is 1. The number of hydrogen-bond acceptors (Lipinski definition) is 3. The quantitative estimate of drug-likeness (QED) is 0.837. The zero-order valence-electron chi connectivity index (χ0n) is 11.1. The van der Waals surface area contributed by atoms with Gasteiger partial charge in [0.15, 0.2) is 4.77 Å². The smallest absolute Gasteiger partial charge is 0.219 e. The van der Waals surface area contributed by atoms with Crippen LogP contribution in [0.15, 0.2) is 0 Å². The maximum absolute atomic E-state index is 11.3. The van der Waals surface area contributed by atoms with Gasteiger partial charge in [-0.15, -0.1) is 0 Å². The van der Waals surface area contributed by atoms with E-state index in [1.807, 2.05) is 4.90 Å². The van der Waals surface area contributed by atoms with Crippen LogP contribution in [0.1, 0.15) is 51.4 Å². The van der Waals surface area contributed by atoms with Crippen molar-refractivity contribution in [3.05, 3.63) is 10.6 Å². The SMILES string of the molecule is CC(=O)N1CCC(c2n[nH]c(=S)n2C(C)C)CC1. The molecule has 1 amide bonds. The second-order valence-corrected chi connectivity index (χ2v) is 5.52. The summed E-state index contributed by atoms with van der Waals surface area (Å²) < 4.78 is 2.78. The molecule has 1 aromatic rings. The van der Waals surface area contributed by atoms with Crippen LogP contribution >= 0.6 is 12.2 Å². The van der Waals surface area contributed by atoms with Crippen LogP contribution in [0, 0.1) is 4.77 Å². The summed E-state index contributed by atoms with van der Waals surface area (Å²) in [6, 6.07) is 0.317. The average molecular weight is 268 g/mol. The lowest BCUT2D eigenvalue weighted by Gasteiger charge is -2.31. The van der Waals surface area contributed by atoms with E-state index in [0.29, 0.717) is 16.7 Å². The van der Waals surface area contributed by atoms with Crippen molar-refractivity contribution in [1.82, 2.24) is 19.7 Å². The van der Waals surface area contributed by atoms with E-state index in [4.69, 9.17) is 12.2 Å². The molecule has 0 saturated carbocycles. The van der Waals surface area contributed by atoms with Gasteiger partial charge in [0.25, 0.3) is 0 Å². The van der Waals surface area contributed by atoms with Crippen LogP contribution in [0.25, 0.3) is 0 Å². The predicted octanol–water partition coefficient (Wildman–Crippen LogP) is 2.25. The van der Waals surface area contributed by atoms with Crippen molar-refractivity contribution in [3.8, 4) is 0 Å². The number of nitrogens with one attached hydrogen (secondary N) is 1. The van der Waals surface area contributed by atoms with E-state index in [1.165, 1.54) is 0 Å². The molecule has 0 spiro atoms. The molecule has 1 aliphatic rings. The number of carbonyl (C=O) groups excluding carboxylic acids is 1. The first-order valence-electron chi connectivity index (χ1n) is 6.43. The van der Waals surface area contributed by atoms with Crippen molar-refractivity contribution in [2.45, 2.75) is 45.6 Å². The minimum absolute atomic E-state index is 0.163. The molecule has 2 rings (SSSR count). The van der Waals surface area contributed by atoms with Crippen LogP contribution in [0.4, 0.5) is 0 Å². The fourth-order valence-electron chi connectivity index (χ4n) is 2.56. The molecule has 1 aliphatic heterocycles. The first-order valence-corrected chi connectivity index (χ1v) is 6.84. The van der Waals surface area contributed by atoms with Gasteiger partial charge in [-0.1, -0.05) is 0 Å². The van der Waals surface area contributed by atoms with Gasteiger partial charge in [-0.05, 0) is 38.9 Å². The molecule has 1 fully saturated rings. The highest BCUT2D eigenvalue weighted by molar-refractivity contribution is 7.71. The zero-order chi connectivity index (χ0) is 13.3. The van der Waals surface area contributed by atoms with Crippen LogP contribution < -0.4 is 0 Å². The largest absolute Gasteiger partial charge is 0.343 e. The van der Waals surface area contributed by atoms with Crippen molar-refractivity contribution in [1.29, 1.82) is 0 Å². The van der Waals surface area contributed by atoms with E-state index in [0.717, 1.165) is 31.8 Å². The standard InChI is InChI=1S/C12H20N4OS/c1-8(2)16-11(13-14-12(16)18)10-4-6-15(7-5-10)9(3)17/h8,10H,4-7H2,1-3H3,(H,14,18).